The highest BCUT2D eigenvalue weighted by Gasteiger charge is 2.30. The number of rotatable bonds is 7. The van der Waals surface area contributed by atoms with Crippen LogP contribution in [0.25, 0.3) is 11.0 Å². The normalized spacial score (nSPS) is 11.7. The highest BCUT2D eigenvalue weighted by molar-refractivity contribution is 5.85. The van der Waals surface area contributed by atoms with Crippen molar-refractivity contribution in [2.75, 3.05) is 28.4 Å². The number of fused-ring (bicyclic) bond motifs is 1. The van der Waals surface area contributed by atoms with E-state index in [1.165, 1.54) is 28.4 Å². The van der Waals surface area contributed by atoms with Gasteiger partial charge in [0.05, 0.1) is 45.8 Å². The van der Waals surface area contributed by atoms with Gasteiger partial charge in [0.15, 0.2) is 11.5 Å². The van der Waals surface area contributed by atoms with Crippen LogP contribution in [0.1, 0.15) is 23.5 Å². The summed E-state index contributed by atoms with van der Waals surface area (Å²) >= 11 is 0. The van der Waals surface area contributed by atoms with E-state index < -0.39 is 17.5 Å². The van der Waals surface area contributed by atoms with Crippen LogP contribution in [0.4, 0.5) is 0 Å². The second-order valence-electron chi connectivity index (χ2n) is 6.43. The minimum Gasteiger partial charge on any atom is -0.507 e. The van der Waals surface area contributed by atoms with E-state index in [0.717, 1.165) is 0 Å². The van der Waals surface area contributed by atoms with E-state index in [0.29, 0.717) is 28.2 Å². The van der Waals surface area contributed by atoms with E-state index in [-0.39, 0.29) is 23.3 Å². The first-order valence-electron chi connectivity index (χ1n) is 9.06. The molecule has 30 heavy (non-hydrogen) atoms. The van der Waals surface area contributed by atoms with Crippen LogP contribution in [0.2, 0.25) is 0 Å². The summed E-state index contributed by atoms with van der Waals surface area (Å²) in [4.78, 5) is 25.0. The molecule has 8 heteroatoms. The highest BCUT2D eigenvalue weighted by atomic mass is 16.5. The first-order valence-corrected chi connectivity index (χ1v) is 9.06. The summed E-state index contributed by atoms with van der Waals surface area (Å²) in [6, 6.07) is 9.77. The standard InChI is InChI=1S/C22H22O8/c1-26-16-11-18(28-3)17(27-2)9-13(16)14(10-19(23)29-4)20-21(24)12-7-5-6-8-15(12)30-22(20)25/h5-9,11,14,24H,10H2,1-4H3/t14-/m0/s1. The van der Waals surface area contributed by atoms with Crippen LogP contribution in [0.3, 0.4) is 0 Å². The molecule has 1 aromatic heterocycles. The monoisotopic (exact) mass is 414 g/mol. The maximum absolute atomic E-state index is 12.8. The van der Waals surface area contributed by atoms with Crippen LogP contribution >= 0.6 is 0 Å². The van der Waals surface area contributed by atoms with Gasteiger partial charge in [-0.1, -0.05) is 12.1 Å². The van der Waals surface area contributed by atoms with E-state index in [2.05, 4.69) is 0 Å². The van der Waals surface area contributed by atoms with Crippen LogP contribution < -0.4 is 19.8 Å². The molecule has 0 aliphatic rings. The van der Waals surface area contributed by atoms with Crippen LogP contribution in [0.5, 0.6) is 23.0 Å². The molecule has 0 amide bonds. The zero-order valence-corrected chi connectivity index (χ0v) is 17.1. The lowest BCUT2D eigenvalue weighted by atomic mass is 9.87. The molecule has 0 saturated carbocycles. The van der Waals surface area contributed by atoms with Gasteiger partial charge in [-0.2, -0.15) is 0 Å². The Morgan fingerprint density at radius 2 is 1.63 bits per heavy atom. The zero-order valence-electron chi connectivity index (χ0n) is 17.1. The van der Waals surface area contributed by atoms with Crippen molar-refractivity contribution in [1.82, 2.24) is 0 Å². The molecule has 158 valence electrons. The Morgan fingerprint density at radius 3 is 2.27 bits per heavy atom. The predicted octanol–water partition coefficient (Wildman–Crippen LogP) is 3.22. The van der Waals surface area contributed by atoms with Gasteiger partial charge in [0.25, 0.3) is 0 Å². The molecule has 0 saturated heterocycles. The molecule has 0 fully saturated rings. The number of hydrogen-bond donors (Lipinski definition) is 1. The maximum atomic E-state index is 12.8. The van der Waals surface area contributed by atoms with Crippen LogP contribution in [-0.2, 0) is 9.53 Å². The smallest absolute Gasteiger partial charge is 0.343 e. The molecule has 0 spiro atoms. The van der Waals surface area contributed by atoms with Gasteiger partial charge in [0, 0.05) is 17.5 Å². The van der Waals surface area contributed by atoms with Gasteiger partial charge in [0.2, 0.25) is 0 Å². The van der Waals surface area contributed by atoms with Crippen molar-refractivity contribution in [2.24, 2.45) is 0 Å². The minimum absolute atomic E-state index is 0.0791. The largest absolute Gasteiger partial charge is 0.507 e. The predicted molar refractivity (Wildman–Crippen MR) is 109 cm³/mol. The van der Waals surface area contributed by atoms with Crippen LogP contribution in [0, 0.1) is 0 Å². The van der Waals surface area contributed by atoms with Gasteiger partial charge < -0.3 is 28.5 Å². The number of esters is 1. The topological polar surface area (TPSA) is 104 Å². The van der Waals surface area contributed by atoms with Gasteiger partial charge >= 0.3 is 11.6 Å². The second-order valence-corrected chi connectivity index (χ2v) is 6.43. The quantitative estimate of drug-likeness (QED) is 0.464. The van der Waals surface area contributed by atoms with E-state index in [9.17, 15) is 14.7 Å². The summed E-state index contributed by atoms with van der Waals surface area (Å²) in [5.74, 6) is -0.657. The number of ether oxygens (including phenoxy) is 4. The number of aromatic hydroxyl groups is 1. The lowest BCUT2D eigenvalue weighted by Gasteiger charge is -2.21. The Balaban J connectivity index is 2.32. The molecular weight excluding hydrogens is 392 g/mol. The van der Waals surface area contributed by atoms with Crippen LogP contribution in [0.15, 0.2) is 45.6 Å². The number of hydrogen-bond acceptors (Lipinski definition) is 8. The number of benzene rings is 2. The third-order valence-corrected chi connectivity index (χ3v) is 4.88. The Labute approximate surface area is 172 Å². The van der Waals surface area contributed by atoms with E-state index in [1.54, 1.807) is 36.4 Å². The Hall–Kier alpha value is -3.68. The van der Waals surface area contributed by atoms with Gasteiger partial charge in [-0.15, -0.1) is 0 Å². The molecule has 8 nitrogen and oxygen atoms in total. The van der Waals surface area contributed by atoms with Crippen molar-refractivity contribution in [3.8, 4) is 23.0 Å². The lowest BCUT2D eigenvalue weighted by Crippen LogP contribution is -2.18. The van der Waals surface area contributed by atoms with Crippen molar-refractivity contribution < 1.29 is 33.3 Å². The number of carbonyl (C=O) groups excluding carboxylic acids is 1. The van der Waals surface area contributed by atoms with E-state index in [4.69, 9.17) is 23.4 Å². The van der Waals surface area contributed by atoms with Crippen molar-refractivity contribution in [3.63, 3.8) is 0 Å². The van der Waals surface area contributed by atoms with Gasteiger partial charge in [-0.3, -0.25) is 4.79 Å². The molecule has 1 heterocycles. The highest BCUT2D eigenvalue weighted by Crippen LogP contribution is 2.44. The first-order chi connectivity index (χ1) is 14.4. The molecule has 0 bridgehead atoms. The summed E-state index contributed by atoms with van der Waals surface area (Å²) in [7, 11) is 5.63. The molecule has 0 aliphatic heterocycles. The second kappa shape index (κ2) is 8.77. The molecule has 0 unspecified atom stereocenters. The molecule has 1 N–H and O–H groups in total. The van der Waals surface area contributed by atoms with Crippen molar-refractivity contribution in [1.29, 1.82) is 0 Å². The van der Waals surface area contributed by atoms with Crippen molar-refractivity contribution in [3.05, 3.63) is 57.9 Å². The summed E-state index contributed by atoms with van der Waals surface area (Å²) < 4.78 is 26.4. The Kier molecular flexibility index (Phi) is 6.15. The third-order valence-electron chi connectivity index (χ3n) is 4.88. The van der Waals surface area contributed by atoms with Crippen molar-refractivity contribution in [2.45, 2.75) is 12.3 Å². The number of para-hydroxylation sites is 1. The average molecular weight is 414 g/mol. The molecule has 1 atom stereocenters. The van der Waals surface area contributed by atoms with Crippen LogP contribution in [-0.4, -0.2) is 39.5 Å². The molecule has 3 rings (SSSR count). The maximum Gasteiger partial charge on any atom is 0.343 e. The SMILES string of the molecule is COC(=O)C[C@@H](c1cc(OC)c(OC)cc1OC)c1c(O)c2ccccc2oc1=O. The summed E-state index contributed by atoms with van der Waals surface area (Å²) in [6.07, 6.45) is -0.237. The van der Waals surface area contributed by atoms with Crippen molar-refractivity contribution >= 4 is 16.9 Å². The molecule has 0 radical (unpaired) electrons. The lowest BCUT2D eigenvalue weighted by molar-refractivity contribution is -0.140. The zero-order chi connectivity index (χ0) is 21.8. The average Bonchev–Trinajstić information content (AvgIpc) is 2.77. The minimum atomic E-state index is -0.923. The fourth-order valence-electron chi connectivity index (χ4n) is 3.40. The molecular formula is C22H22O8. The Bertz CT molecular complexity index is 1130. The van der Waals surface area contributed by atoms with E-state index in [1.807, 2.05) is 0 Å². The molecule has 3 aromatic rings. The Morgan fingerprint density at radius 1 is 1.00 bits per heavy atom. The fourth-order valence-corrected chi connectivity index (χ4v) is 3.40. The summed E-state index contributed by atoms with van der Waals surface area (Å²) in [6.45, 7) is 0. The molecule has 2 aromatic carbocycles. The van der Waals surface area contributed by atoms with Gasteiger partial charge in [-0.25, -0.2) is 4.79 Å². The third kappa shape index (κ3) is 3.76. The van der Waals surface area contributed by atoms with Gasteiger partial charge in [0.1, 0.15) is 17.1 Å². The number of carbonyl (C=O) groups is 1. The summed E-state index contributed by atoms with van der Waals surface area (Å²) in [5.41, 5.74) is -0.181. The summed E-state index contributed by atoms with van der Waals surface area (Å²) in [5, 5.41) is 11.3. The molecule has 0 aliphatic carbocycles. The van der Waals surface area contributed by atoms with Gasteiger partial charge in [-0.05, 0) is 18.2 Å². The fraction of sp³-hybridized carbons (Fsp3) is 0.273. The first kappa shape index (κ1) is 21.0. The number of methoxy groups -OCH3 is 4. The van der Waals surface area contributed by atoms with E-state index >= 15 is 0 Å².